The SMILES string of the molecule is CCO[Si](CNC)(OCC)OCC. The lowest BCUT2D eigenvalue weighted by atomic mass is 10.9. The molecule has 0 spiro atoms. The van der Waals surface area contributed by atoms with Crippen molar-refractivity contribution in [1.82, 2.24) is 5.32 Å². The highest BCUT2D eigenvalue weighted by Gasteiger charge is 2.39. The lowest BCUT2D eigenvalue weighted by Crippen LogP contribution is -2.53. The topological polar surface area (TPSA) is 39.7 Å². The van der Waals surface area contributed by atoms with Crippen molar-refractivity contribution in [3.05, 3.63) is 0 Å². The molecule has 0 amide bonds. The van der Waals surface area contributed by atoms with Crippen molar-refractivity contribution in [1.29, 1.82) is 0 Å². The minimum absolute atomic E-state index is 0.633. The normalized spacial score (nSPS) is 12.0. The first kappa shape index (κ1) is 13.1. The smallest absolute Gasteiger partial charge is 0.373 e. The Morgan fingerprint density at radius 3 is 1.54 bits per heavy atom. The monoisotopic (exact) mass is 207 g/mol. The number of nitrogens with one attached hydrogen (secondary N) is 1. The molecule has 0 atom stereocenters. The van der Waals surface area contributed by atoms with Crippen molar-refractivity contribution >= 4 is 8.80 Å². The van der Waals surface area contributed by atoms with Gasteiger partial charge >= 0.3 is 8.80 Å². The first-order chi connectivity index (χ1) is 6.24. The molecule has 0 bridgehead atoms. The molecule has 13 heavy (non-hydrogen) atoms. The summed E-state index contributed by atoms with van der Waals surface area (Å²) < 4.78 is 16.7. The van der Waals surface area contributed by atoms with Gasteiger partial charge in [0.2, 0.25) is 0 Å². The highest BCUT2D eigenvalue weighted by atomic mass is 28.4. The fraction of sp³-hybridized carbons (Fsp3) is 1.00. The van der Waals surface area contributed by atoms with Crippen molar-refractivity contribution in [2.45, 2.75) is 20.8 Å². The van der Waals surface area contributed by atoms with Crippen molar-refractivity contribution in [2.75, 3.05) is 33.0 Å². The Balaban J connectivity index is 4.19. The van der Waals surface area contributed by atoms with Crippen LogP contribution in [0.3, 0.4) is 0 Å². The molecular formula is C8H21NO3Si. The second-order valence-corrected chi connectivity index (χ2v) is 5.10. The molecule has 0 fully saturated rings. The van der Waals surface area contributed by atoms with Crippen LogP contribution in [0.4, 0.5) is 0 Å². The van der Waals surface area contributed by atoms with Gasteiger partial charge in [0.1, 0.15) is 0 Å². The van der Waals surface area contributed by atoms with Gasteiger partial charge in [0.05, 0.1) is 6.17 Å². The van der Waals surface area contributed by atoms with E-state index in [0.717, 1.165) is 0 Å². The minimum atomic E-state index is -2.41. The fourth-order valence-corrected chi connectivity index (χ4v) is 3.46. The van der Waals surface area contributed by atoms with E-state index in [1.807, 2.05) is 27.8 Å². The summed E-state index contributed by atoms with van der Waals surface area (Å²) in [6.07, 6.45) is 0.669. The van der Waals surface area contributed by atoms with E-state index in [1.165, 1.54) is 0 Å². The van der Waals surface area contributed by atoms with Crippen molar-refractivity contribution in [3.8, 4) is 0 Å². The number of rotatable bonds is 8. The van der Waals surface area contributed by atoms with Crippen LogP contribution >= 0.6 is 0 Å². The maximum atomic E-state index is 5.58. The Kier molecular flexibility index (Phi) is 7.49. The summed E-state index contributed by atoms with van der Waals surface area (Å²) in [5.74, 6) is 0. The first-order valence-corrected chi connectivity index (χ1v) is 6.74. The third-order valence-electron chi connectivity index (χ3n) is 1.49. The maximum absolute atomic E-state index is 5.58. The molecule has 80 valence electrons. The van der Waals surface area contributed by atoms with Crippen LogP contribution in [0, 0.1) is 0 Å². The van der Waals surface area contributed by atoms with Crippen molar-refractivity contribution in [3.63, 3.8) is 0 Å². The van der Waals surface area contributed by atoms with Crippen LogP contribution in [0.25, 0.3) is 0 Å². The van der Waals surface area contributed by atoms with Gasteiger partial charge in [-0.05, 0) is 27.8 Å². The summed E-state index contributed by atoms with van der Waals surface area (Å²) in [6.45, 7) is 7.76. The third-order valence-corrected chi connectivity index (χ3v) is 4.46. The summed E-state index contributed by atoms with van der Waals surface area (Å²) in [5, 5.41) is 3.05. The van der Waals surface area contributed by atoms with Crippen LogP contribution in [-0.2, 0) is 13.3 Å². The second kappa shape index (κ2) is 7.46. The average Bonchev–Trinajstić information content (AvgIpc) is 2.06. The maximum Gasteiger partial charge on any atom is 0.515 e. The Labute approximate surface area is 81.9 Å². The molecule has 0 saturated carbocycles. The quantitative estimate of drug-likeness (QED) is 0.598. The molecule has 1 N–H and O–H groups in total. The highest BCUT2D eigenvalue weighted by molar-refractivity contribution is 6.60. The number of hydrogen-bond acceptors (Lipinski definition) is 4. The first-order valence-electron chi connectivity index (χ1n) is 4.81. The van der Waals surface area contributed by atoms with Gasteiger partial charge in [0.25, 0.3) is 0 Å². The number of hydrogen-bond donors (Lipinski definition) is 1. The van der Waals surface area contributed by atoms with E-state index >= 15 is 0 Å². The molecule has 0 aliphatic heterocycles. The van der Waals surface area contributed by atoms with E-state index in [4.69, 9.17) is 13.3 Å². The molecule has 0 heterocycles. The fourth-order valence-electron chi connectivity index (χ4n) is 1.15. The highest BCUT2D eigenvalue weighted by Crippen LogP contribution is 2.08. The lowest BCUT2D eigenvalue weighted by molar-refractivity contribution is 0.0707. The van der Waals surface area contributed by atoms with Crippen LogP contribution in [0.1, 0.15) is 20.8 Å². The Bertz CT molecular complexity index is 94.4. The molecular weight excluding hydrogens is 186 g/mol. The van der Waals surface area contributed by atoms with Crippen LogP contribution < -0.4 is 5.32 Å². The van der Waals surface area contributed by atoms with Crippen LogP contribution in [0.5, 0.6) is 0 Å². The van der Waals surface area contributed by atoms with Gasteiger partial charge in [0, 0.05) is 19.8 Å². The summed E-state index contributed by atoms with van der Waals surface area (Å²) >= 11 is 0. The predicted molar refractivity (Wildman–Crippen MR) is 54.6 cm³/mol. The Morgan fingerprint density at radius 2 is 1.31 bits per heavy atom. The Morgan fingerprint density at radius 1 is 0.923 bits per heavy atom. The van der Waals surface area contributed by atoms with Gasteiger partial charge in [-0.2, -0.15) is 0 Å². The predicted octanol–water partition coefficient (Wildman–Crippen LogP) is 0.793. The van der Waals surface area contributed by atoms with E-state index < -0.39 is 8.80 Å². The van der Waals surface area contributed by atoms with E-state index in [1.54, 1.807) is 0 Å². The molecule has 0 aromatic heterocycles. The van der Waals surface area contributed by atoms with E-state index in [-0.39, 0.29) is 0 Å². The van der Waals surface area contributed by atoms with Gasteiger partial charge in [0.15, 0.2) is 0 Å². The van der Waals surface area contributed by atoms with E-state index in [9.17, 15) is 0 Å². The molecule has 0 radical (unpaired) electrons. The molecule has 0 aliphatic carbocycles. The summed E-state index contributed by atoms with van der Waals surface area (Å²) in [7, 11) is -0.533. The van der Waals surface area contributed by atoms with Gasteiger partial charge in [-0.15, -0.1) is 0 Å². The van der Waals surface area contributed by atoms with Crippen LogP contribution in [-0.4, -0.2) is 41.8 Å². The van der Waals surface area contributed by atoms with Gasteiger partial charge in [-0.1, -0.05) is 0 Å². The van der Waals surface area contributed by atoms with Gasteiger partial charge in [-0.25, -0.2) is 0 Å². The molecule has 0 aromatic rings. The molecule has 0 rings (SSSR count). The van der Waals surface area contributed by atoms with E-state index in [2.05, 4.69) is 5.32 Å². The third kappa shape index (κ3) is 4.73. The zero-order valence-corrected chi connectivity index (χ0v) is 10.1. The Hall–Kier alpha value is 0.0569. The minimum Gasteiger partial charge on any atom is -0.373 e. The molecule has 0 unspecified atom stereocenters. The molecule has 5 heteroatoms. The molecule has 4 nitrogen and oxygen atoms in total. The molecule has 0 aliphatic rings. The summed E-state index contributed by atoms with van der Waals surface area (Å²) in [5.41, 5.74) is 0. The van der Waals surface area contributed by atoms with Crippen molar-refractivity contribution < 1.29 is 13.3 Å². The average molecular weight is 207 g/mol. The van der Waals surface area contributed by atoms with Gasteiger partial charge in [-0.3, -0.25) is 0 Å². The molecule has 0 aromatic carbocycles. The summed E-state index contributed by atoms with van der Waals surface area (Å²) in [6, 6.07) is 0. The largest absolute Gasteiger partial charge is 0.515 e. The zero-order chi connectivity index (χ0) is 10.2. The van der Waals surface area contributed by atoms with Gasteiger partial charge < -0.3 is 18.6 Å². The zero-order valence-electron chi connectivity index (χ0n) is 9.05. The lowest BCUT2D eigenvalue weighted by Gasteiger charge is -2.27. The summed E-state index contributed by atoms with van der Waals surface area (Å²) in [4.78, 5) is 0. The van der Waals surface area contributed by atoms with E-state index in [0.29, 0.717) is 26.0 Å². The molecule has 0 saturated heterocycles. The van der Waals surface area contributed by atoms with Crippen LogP contribution in [0.2, 0.25) is 0 Å². The standard InChI is InChI=1S/C8H21NO3Si/c1-5-10-13(8-9-4,11-6-2)12-7-3/h9H,5-8H2,1-4H3. The van der Waals surface area contributed by atoms with Crippen LogP contribution in [0.15, 0.2) is 0 Å². The van der Waals surface area contributed by atoms with Crippen molar-refractivity contribution in [2.24, 2.45) is 0 Å². The second-order valence-electron chi connectivity index (χ2n) is 2.51.